The third-order valence-electron chi connectivity index (χ3n) is 4.92. The summed E-state index contributed by atoms with van der Waals surface area (Å²) in [7, 11) is 0. The highest BCUT2D eigenvalue weighted by molar-refractivity contribution is 5.14. The van der Waals surface area contributed by atoms with Crippen molar-refractivity contribution in [1.29, 1.82) is 0 Å². The molecule has 3 rings (SSSR count). The molecule has 1 aliphatic heterocycles. The van der Waals surface area contributed by atoms with E-state index in [9.17, 15) is 0 Å². The molecule has 20 heavy (non-hydrogen) atoms. The minimum atomic E-state index is 0.710. The van der Waals surface area contributed by atoms with E-state index in [0.717, 1.165) is 12.0 Å². The molecule has 0 spiro atoms. The van der Waals surface area contributed by atoms with Gasteiger partial charge in [0.2, 0.25) is 0 Å². The lowest BCUT2D eigenvalue weighted by Gasteiger charge is -2.39. The average Bonchev–Trinajstić information content (AvgIpc) is 3.31. The van der Waals surface area contributed by atoms with Crippen LogP contribution in [-0.2, 0) is 6.42 Å². The topological polar surface area (TPSA) is 15.3 Å². The molecule has 0 bridgehead atoms. The van der Waals surface area contributed by atoms with Gasteiger partial charge in [0.15, 0.2) is 0 Å². The lowest BCUT2D eigenvalue weighted by Crippen LogP contribution is -2.56. The van der Waals surface area contributed by atoms with Crippen molar-refractivity contribution in [2.45, 2.75) is 51.1 Å². The number of unbranched alkanes of at least 4 members (excludes halogenated alkanes) is 1. The Morgan fingerprint density at radius 2 is 1.95 bits per heavy atom. The number of hydrogen-bond acceptors (Lipinski definition) is 2. The van der Waals surface area contributed by atoms with Crippen LogP contribution in [0.2, 0.25) is 0 Å². The lowest BCUT2D eigenvalue weighted by molar-refractivity contribution is 0.130. The van der Waals surface area contributed by atoms with Crippen LogP contribution in [0.15, 0.2) is 30.3 Å². The van der Waals surface area contributed by atoms with Crippen molar-refractivity contribution in [2.24, 2.45) is 5.92 Å². The number of benzene rings is 1. The summed E-state index contributed by atoms with van der Waals surface area (Å²) < 4.78 is 0. The molecule has 2 nitrogen and oxygen atoms in total. The standard InChI is InChI=1S/C18H28N2/c1-15-13-19-18(17-10-11-17)14-20(15)12-6-5-9-16-7-3-2-4-8-16/h2-4,7-8,15,17-19H,5-6,9-14H2,1H3. The Balaban J connectivity index is 1.38. The van der Waals surface area contributed by atoms with E-state index in [4.69, 9.17) is 0 Å². The van der Waals surface area contributed by atoms with Crippen LogP contribution < -0.4 is 5.32 Å². The fraction of sp³-hybridized carbons (Fsp3) is 0.667. The minimum Gasteiger partial charge on any atom is -0.311 e. The van der Waals surface area contributed by atoms with Crippen molar-refractivity contribution in [1.82, 2.24) is 10.2 Å². The Bertz CT molecular complexity index is 399. The molecule has 1 aromatic rings. The van der Waals surface area contributed by atoms with Crippen LogP contribution in [0, 0.1) is 5.92 Å². The van der Waals surface area contributed by atoms with Crippen molar-refractivity contribution in [3.8, 4) is 0 Å². The van der Waals surface area contributed by atoms with E-state index in [-0.39, 0.29) is 0 Å². The van der Waals surface area contributed by atoms with Gasteiger partial charge in [0.25, 0.3) is 0 Å². The molecule has 2 heteroatoms. The molecule has 1 saturated heterocycles. The lowest BCUT2D eigenvalue weighted by atomic mass is 10.0. The molecule has 1 aromatic carbocycles. The van der Waals surface area contributed by atoms with Gasteiger partial charge in [0, 0.05) is 25.2 Å². The number of piperazine rings is 1. The van der Waals surface area contributed by atoms with E-state index in [1.807, 2.05) is 0 Å². The number of aryl methyl sites for hydroxylation is 1. The Morgan fingerprint density at radius 1 is 1.15 bits per heavy atom. The van der Waals surface area contributed by atoms with Gasteiger partial charge in [-0.05, 0) is 57.1 Å². The van der Waals surface area contributed by atoms with Crippen molar-refractivity contribution in [3.05, 3.63) is 35.9 Å². The molecule has 0 radical (unpaired) electrons. The molecular formula is C18H28N2. The van der Waals surface area contributed by atoms with Gasteiger partial charge in [-0.2, -0.15) is 0 Å². The molecule has 1 aliphatic carbocycles. The fourth-order valence-corrected chi connectivity index (χ4v) is 3.36. The first-order valence-electron chi connectivity index (χ1n) is 8.34. The van der Waals surface area contributed by atoms with Crippen LogP contribution in [0.4, 0.5) is 0 Å². The summed E-state index contributed by atoms with van der Waals surface area (Å²) in [6.07, 6.45) is 6.78. The average molecular weight is 272 g/mol. The fourth-order valence-electron chi connectivity index (χ4n) is 3.36. The first-order valence-corrected chi connectivity index (χ1v) is 8.34. The third kappa shape index (κ3) is 3.83. The highest BCUT2D eigenvalue weighted by Gasteiger charge is 2.35. The van der Waals surface area contributed by atoms with Crippen LogP contribution in [-0.4, -0.2) is 36.6 Å². The maximum Gasteiger partial charge on any atom is 0.0224 e. The second kappa shape index (κ2) is 6.73. The molecule has 2 atom stereocenters. The summed E-state index contributed by atoms with van der Waals surface area (Å²) in [5, 5.41) is 3.74. The van der Waals surface area contributed by atoms with Crippen LogP contribution >= 0.6 is 0 Å². The number of hydrogen-bond donors (Lipinski definition) is 1. The largest absolute Gasteiger partial charge is 0.311 e. The van der Waals surface area contributed by atoms with Crippen molar-refractivity contribution >= 4 is 0 Å². The van der Waals surface area contributed by atoms with E-state index >= 15 is 0 Å². The smallest absolute Gasteiger partial charge is 0.0224 e. The van der Waals surface area contributed by atoms with Crippen LogP contribution in [0.5, 0.6) is 0 Å². The molecule has 2 fully saturated rings. The van der Waals surface area contributed by atoms with Crippen LogP contribution in [0.3, 0.4) is 0 Å². The highest BCUT2D eigenvalue weighted by atomic mass is 15.2. The van der Waals surface area contributed by atoms with Gasteiger partial charge in [0.1, 0.15) is 0 Å². The van der Waals surface area contributed by atoms with Gasteiger partial charge in [0.05, 0.1) is 0 Å². The summed E-state index contributed by atoms with van der Waals surface area (Å²) in [4.78, 5) is 2.71. The van der Waals surface area contributed by atoms with E-state index < -0.39 is 0 Å². The Kier molecular flexibility index (Phi) is 4.74. The first-order chi connectivity index (χ1) is 9.83. The number of rotatable bonds is 6. The molecule has 0 aromatic heterocycles. The minimum absolute atomic E-state index is 0.710. The normalized spacial score (nSPS) is 27.6. The van der Waals surface area contributed by atoms with E-state index in [1.54, 1.807) is 0 Å². The molecular weight excluding hydrogens is 244 g/mol. The van der Waals surface area contributed by atoms with Gasteiger partial charge >= 0.3 is 0 Å². The second-order valence-corrected chi connectivity index (χ2v) is 6.64. The zero-order valence-electron chi connectivity index (χ0n) is 12.7. The Hall–Kier alpha value is -0.860. The molecule has 2 unspecified atom stereocenters. The van der Waals surface area contributed by atoms with E-state index in [0.29, 0.717) is 6.04 Å². The molecule has 2 aliphatic rings. The summed E-state index contributed by atoms with van der Waals surface area (Å²) in [5.74, 6) is 0.981. The molecule has 110 valence electrons. The first kappa shape index (κ1) is 14.1. The van der Waals surface area contributed by atoms with E-state index in [2.05, 4.69) is 47.5 Å². The van der Waals surface area contributed by atoms with Gasteiger partial charge in [-0.1, -0.05) is 30.3 Å². The Morgan fingerprint density at radius 3 is 2.70 bits per heavy atom. The van der Waals surface area contributed by atoms with Gasteiger partial charge in [-0.25, -0.2) is 0 Å². The maximum absolute atomic E-state index is 3.74. The van der Waals surface area contributed by atoms with Crippen molar-refractivity contribution < 1.29 is 0 Å². The molecule has 1 N–H and O–H groups in total. The zero-order valence-corrected chi connectivity index (χ0v) is 12.7. The second-order valence-electron chi connectivity index (χ2n) is 6.64. The maximum atomic E-state index is 3.74. The summed E-state index contributed by atoms with van der Waals surface area (Å²) in [6.45, 7) is 6.10. The SMILES string of the molecule is CC1CNC(C2CC2)CN1CCCCc1ccccc1. The number of nitrogens with one attached hydrogen (secondary N) is 1. The predicted octanol–water partition coefficient (Wildman–Crippen LogP) is 3.08. The summed E-state index contributed by atoms with van der Waals surface area (Å²) in [5.41, 5.74) is 1.48. The van der Waals surface area contributed by atoms with E-state index in [1.165, 1.54) is 57.3 Å². The Labute approximate surface area is 123 Å². The molecule has 1 saturated carbocycles. The van der Waals surface area contributed by atoms with Crippen LogP contribution in [0.25, 0.3) is 0 Å². The van der Waals surface area contributed by atoms with Gasteiger partial charge in [-0.15, -0.1) is 0 Å². The molecule has 0 amide bonds. The summed E-state index contributed by atoms with van der Waals surface area (Å²) >= 11 is 0. The van der Waals surface area contributed by atoms with Crippen molar-refractivity contribution in [2.75, 3.05) is 19.6 Å². The zero-order chi connectivity index (χ0) is 13.8. The quantitative estimate of drug-likeness (QED) is 0.801. The van der Waals surface area contributed by atoms with Gasteiger partial charge in [-0.3, -0.25) is 4.90 Å². The summed E-state index contributed by atoms with van der Waals surface area (Å²) in [6, 6.07) is 12.4. The van der Waals surface area contributed by atoms with Crippen LogP contribution in [0.1, 0.15) is 38.2 Å². The monoisotopic (exact) mass is 272 g/mol. The highest BCUT2D eigenvalue weighted by Crippen LogP contribution is 2.34. The molecule has 1 heterocycles. The third-order valence-corrected chi connectivity index (χ3v) is 4.92. The number of nitrogens with zero attached hydrogens (tertiary/aromatic N) is 1. The van der Waals surface area contributed by atoms with Crippen molar-refractivity contribution in [3.63, 3.8) is 0 Å². The van der Waals surface area contributed by atoms with Gasteiger partial charge < -0.3 is 5.32 Å². The predicted molar refractivity (Wildman–Crippen MR) is 84.9 cm³/mol.